The van der Waals surface area contributed by atoms with E-state index < -0.39 is 11.6 Å². The Morgan fingerprint density at radius 2 is 2.21 bits per heavy atom. The summed E-state index contributed by atoms with van der Waals surface area (Å²) in [6.07, 6.45) is 1.87. The summed E-state index contributed by atoms with van der Waals surface area (Å²) in [5.41, 5.74) is 0.327. The predicted octanol–water partition coefficient (Wildman–Crippen LogP) is 1.80. The Morgan fingerprint density at radius 1 is 1.47 bits per heavy atom. The molecule has 0 spiro atoms. The average molecular weight is 264 g/mol. The molecule has 6 nitrogen and oxygen atoms in total. The monoisotopic (exact) mass is 264 g/mol. The number of ether oxygens (including phenoxy) is 1. The van der Waals surface area contributed by atoms with Gasteiger partial charge in [0, 0.05) is 18.7 Å². The molecule has 0 unspecified atom stereocenters. The normalized spacial score (nSPS) is 11.7. The van der Waals surface area contributed by atoms with Crippen molar-refractivity contribution in [1.29, 1.82) is 0 Å². The first-order valence-electron chi connectivity index (χ1n) is 5.93. The molecule has 19 heavy (non-hydrogen) atoms. The van der Waals surface area contributed by atoms with Crippen LogP contribution in [0.15, 0.2) is 18.3 Å². The number of pyridine rings is 1. The SMILES string of the molecule is CC(C)(O)CCOc1ccc2[nH]cc(C(=O)O)c2n1. The van der Waals surface area contributed by atoms with E-state index in [1.807, 2.05) is 0 Å². The fourth-order valence-electron chi connectivity index (χ4n) is 1.63. The minimum Gasteiger partial charge on any atom is -0.478 e. The van der Waals surface area contributed by atoms with Crippen molar-refractivity contribution in [2.75, 3.05) is 6.61 Å². The number of nitrogens with one attached hydrogen (secondary N) is 1. The third-order valence-electron chi connectivity index (χ3n) is 2.69. The van der Waals surface area contributed by atoms with Gasteiger partial charge < -0.3 is 19.9 Å². The van der Waals surface area contributed by atoms with Crippen LogP contribution < -0.4 is 4.74 Å². The fraction of sp³-hybridized carbons (Fsp3) is 0.385. The van der Waals surface area contributed by atoms with E-state index in [1.165, 1.54) is 6.20 Å². The molecule has 2 rings (SSSR count). The van der Waals surface area contributed by atoms with Crippen molar-refractivity contribution in [2.24, 2.45) is 0 Å². The van der Waals surface area contributed by atoms with Gasteiger partial charge in [0.05, 0.1) is 17.7 Å². The van der Waals surface area contributed by atoms with E-state index in [4.69, 9.17) is 9.84 Å². The van der Waals surface area contributed by atoms with Crippen molar-refractivity contribution in [3.8, 4) is 5.88 Å². The standard InChI is InChI=1S/C13H16N2O4/c1-13(2,18)5-6-19-10-4-3-9-11(15-10)8(7-14-9)12(16)17/h3-4,7,14,18H,5-6H2,1-2H3,(H,16,17). The van der Waals surface area contributed by atoms with Gasteiger partial charge in [0.25, 0.3) is 0 Å². The zero-order chi connectivity index (χ0) is 14.0. The van der Waals surface area contributed by atoms with Crippen molar-refractivity contribution < 1.29 is 19.7 Å². The maximum Gasteiger partial charge on any atom is 0.339 e. The van der Waals surface area contributed by atoms with E-state index >= 15 is 0 Å². The fourth-order valence-corrected chi connectivity index (χ4v) is 1.63. The zero-order valence-corrected chi connectivity index (χ0v) is 10.8. The highest BCUT2D eigenvalue weighted by Crippen LogP contribution is 2.20. The molecule has 3 N–H and O–H groups in total. The summed E-state index contributed by atoms with van der Waals surface area (Å²) in [4.78, 5) is 18.0. The van der Waals surface area contributed by atoms with Crippen LogP contribution in [0.25, 0.3) is 11.0 Å². The number of H-pyrrole nitrogens is 1. The third-order valence-corrected chi connectivity index (χ3v) is 2.69. The van der Waals surface area contributed by atoms with E-state index in [-0.39, 0.29) is 5.56 Å². The molecule has 2 aromatic rings. The Morgan fingerprint density at radius 3 is 2.84 bits per heavy atom. The third kappa shape index (κ3) is 3.23. The number of nitrogens with zero attached hydrogens (tertiary/aromatic N) is 1. The van der Waals surface area contributed by atoms with Crippen molar-refractivity contribution in [3.05, 3.63) is 23.9 Å². The Kier molecular flexibility index (Phi) is 3.44. The molecule has 0 fully saturated rings. The molecule has 0 aliphatic rings. The molecule has 0 aromatic carbocycles. The highest BCUT2D eigenvalue weighted by molar-refractivity contribution is 6.01. The summed E-state index contributed by atoms with van der Waals surface area (Å²) in [5, 5.41) is 18.6. The summed E-state index contributed by atoms with van der Waals surface area (Å²) in [5.74, 6) is -0.689. The summed E-state index contributed by atoms with van der Waals surface area (Å²) in [6, 6.07) is 3.38. The van der Waals surface area contributed by atoms with Gasteiger partial charge in [-0.15, -0.1) is 0 Å². The highest BCUT2D eigenvalue weighted by atomic mass is 16.5. The number of aromatic carboxylic acids is 1. The maximum atomic E-state index is 11.0. The molecule has 6 heteroatoms. The minimum absolute atomic E-state index is 0.114. The number of aliphatic hydroxyl groups is 1. The molecule has 2 aromatic heterocycles. The molecular weight excluding hydrogens is 248 g/mol. The van der Waals surface area contributed by atoms with Gasteiger partial charge >= 0.3 is 5.97 Å². The number of rotatable bonds is 5. The van der Waals surface area contributed by atoms with Gasteiger partial charge in [-0.05, 0) is 19.9 Å². The van der Waals surface area contributed by atoms with Crippen LogP contribution in [0.2, 0.25) is 0 Å². The van der Waals surface area contributed by atoms with Crippen LogP contribution in [0, 0.1) is 0 Å². The van der Waals surface area contributed by atoms with Gasteiger partial charge in [0.1, 0.15) is 11.1 Å². The van der Waals surface area contributed by atoms with Crippen molar-refractivity contribution in [3.63, 3.8) is 0 Å². The topological polar surface area (TPSA) is 95.4 Å². The van der Waals surface area contributed by atoms with E-state index in [0.717, 1.165) is 0 Å². The lowest BCUT2D eigenvalue weighted by molar-refractivity contribution is 0.0547. The van der Waals surface area contributed by atoms with E-state index in [2.05, 4.69) is 9.97 Å². The number of fused-ring (bicyclic) bond motifs is 1. The number of aromatic amines is 1. The van der Waals surface area contributed by atoms with E-state index in [9.17, 15) is 9.90 Å². The molecule has 0 saturated heterocycles. The largest absolute Gasteiger partial charge is 0.478 e. The second-order valence-corrected chi connectivity index (χ2v) is 4.96. The highest BCUT2D eigenvalue weighted by Gasteiger charge is 2.14. The van der Waals surface area contributed by atoms with Crippen LogP contribution in [-0.2, 0) is 0 Å². The molecular formula is C13H16N2O4. The van der Waals surface area contributed by atoms with Gasteiger partial charge in [-0.25, -0.2) is 9.78 Å². The van der Waals surface area contributed by atoms with Crippen molar-refractivity contribution in [2.45, 2.75) is 25.9 Å². The Hall–Kier alpha value is -2.08. The van der Waals surface area contributed by atoms with E-state index in [0.29, 0.717) is 29.9 Å². The van der Waals surface area contributed by atoms with Crippen molar-refractivity contribution >= 4 is 17.0 Å². The van der Waals surface area contributed by atoms with Crippen LogP contribution >= 0.6 is 0 Å². The summed E-state index contributed by atoms with van der Waals surface area (Å²) < 4.78 is 5.42. The zero-order valence-electron chi connectivity index (χ0n) is 10.8. The maximum absolute atomic E-state index is 11.0. The first-order valence-corrected chi connectivity index (χ1v) is 5.93. The molecule has 2 heterocycles. The van der Waals surface area contributed by atoms with Gasteiger partial charge in [-0.3, -0.25) is 0 Å². The number of aromatic nitrogens is 2. The van der Waals surface area contributed by atoms with Crippen molar-refractivity contribution in [1.82, 2.24) is 9.97 Å². The Labute approximate surface area is 110 Å². The van der Waals surface area contributed by atoms with E-state index in [1.54, 1.807) is 26.0 Å². The van der Waals surface area contributed by atoms with Gasteiger partial charge in [-0.1, -0.05) is 0 Å². The minimum atomic E-state index is -1.03. The predicted molar refractivity (Wildman–Crippen MR) is 69.5 cm³/mol. The molecule has 0 radical (unpaired) electrons. The summed E-state index contributed by atoms with van der Waals surface area (Å²) in [7, 11) is 0. The molecule has 0 bridgehead atoms. The Balaban J connectivity index is 2.16. The van der Waals surface area contributed by atoms with Crippen LogP contribution in [-0.4, -0.2) is 38.4 Å². The molecule has 102 valence electrons. The second kappa shape index (κ2) is 4.89. The van der Waals surface area contributed by atoms with Crippen LogP contribution in [0.5, 0.6) is 5.88 Å². The molecule has 0 aliphatic heterocycles. The summed E-state index contributed by atoms with van der Waals surface area (Å²) in [6.45, 7) is 3.71. The average Bonchev–Trinajstić information content (AvgIpc) is 2.70. The smallest absolute Gasteiger partial charge is 0.339 e. The van der Waals surface area contributed by atoms with Gasteiger partial charge in [0.15, 0.2) is 0 Å². The summed E-state index contributed by atoms with van der Waals surface area (Å²) >= 11 is 0. The first kappa shape index (κ1) is 13.4. The Bertz CT molecular complexity index is 598. The van der Waals surface area contributed by atoms with Crippen LogP contribution in [0.1, 0.15) is 30.6 Å². The molecule has 0 amide bonds. The van der Waals surface area contributed by atoms with Crippen LogP contribution in [0.3, 0.4) is 0 Å². The number of hydrogen-bond donors (Lipinski definition) is 3. The molecule has 0 atom stereocenters. The first-order chi connectivity index (χ1) is 8.87. The number of carbonyl (C=O) groups is 1. The quantitative estimate of drug-likeness (QED) is 0.765. The number of carboxylic acid groups (broad SMARTS) is 1. The number of hydrogen-bond acceptors (Lipinski definition) is 4. The van der Waals surface area contributed by atoms with Gasteiger partial charge in [-0.2, -0.15) is 0 Å². The number of carboxylic acids is 1. The second-order valence-electron chi connectivity index (χ2n) is 4.96. The molecule has 0 aliphatic carbocycles. The lowest BCUT2D eigenvalue weighted by atomic mass is 10.1. The lowest BCUT2D eigenvalue weighted by Gasteiger charge is -2.16. The van der Waals surface area contributed by atoms with Crippen LogP contribution in [0.4, 0.5) is 0 Å². The lowest BCUT2D eigenvalue weighted by Crippen LogP contribution is -2.21. The molecule has 0 saturated carbocycles. The van der Waals surface area contributed by atoms with Gasteiger partial charge in [0.2, 0.25) is 5.88 Å².